The summed E-state index contributed by atoms with van der Waals surface area (Å²) in [4.78, 5) is 5.32. The van der Waals surface area contributed by atoms with Crippen molar-refractivity contribution < 1.29 is 0 Å². The number of hydrogen-bond acceptors (Lipinski definition) is 4. The predicted octanol–water partition coefficient (Wildman–Crippen LogP) is 17.7. The molecule has 3 aliphatic heterocycles. The average Bonchev–Trinajstić information content (AvgIpc) is 3.80. The lowest BCUT2D eigenvalue weighted by atomic mass is 9.35. The highest BCUT2D eigenvalue weighted by Crippen LogP contribution is 2.53. The number of benzene rings is 8. The van der Waals surface area contributed by atoms with Gasteiger partial charge in [-0.1, -0.05) is 208 Å². The molecule has 0 amide bonds. The summed E-state index contributed by atoms with van der Waals surface area (Å²) in [6, 6.07) is 68.7. The van der Waals surface area contributed by atoms with Gasteiger partial charge >= 0.3 is 0 Å². The van der Waals surface area contributed by atoms with E-state index in [1.807, 2.05) is 11.3 Å². The van der Waals surface area contributed by atoms with Gasteiger partial charge in [-0.05, 0) is 132 Å². The molecule has 0 saturated heterocycles. The van der Waals surface area contributed by atoms with Gasteiger partial charge in [0.05, 0.1) is 11.4 Å². The second-order valence-electron chi connectivity index (χ2n) is 23.5. The first-order chi connectivity index (χ1) is 35.6. The zero-order valence-electron chi connectivity index (χ0n) is 44.2. The third kappa shape index (κ3) is 8.42. The summed E-state index contributed by atoms with van der Waals surface area (Å²) < 4.78 is 2.62. The molecule has 12 rings (SSSR count). The number of nitrogens with one attached hydrogen (secondary N) is 1. The largest absolute Gasteiger partial charge is 0.361 e. The molecule has 3 nitrogen and oxygen atoms in total. The Balaban J connectivity index is 1.25. The Labute approximate surface area is 443 Å². The van der Waals surface area contributed by atoms with Crippen molar-refractivity contribution in [2.24, 2.45) is 0 Å². The van der Waals surface area contributed by atoms with E-state index in [1.165, 1.54) is 110 Å². The zero-order valence-corrected chi connectivity index (χ0v) is 45.0. The van der Waals surface area contributed by atoms with E-state index in [-0.39, 0.29) is 23.0 Å². The third-order valence-electron chi connectivity index (χ3n) is 15.4. The molecule has 4 heterocycles. The lowest BCUT2D eigenvalue weighted by Crippen LogP contribution is -2.56. The lowest BCUT2D eigenvalue weighted by molar-refractivity contribution is 0.590. The smallest absolute Gasteiger partial charge is 0.264 e. The van der Waals surface area contributed by atoms with E-state index in [9.17, 15) is 0 Å². The Hall–Kier alpha value is -7.60. The fourth-order valence-corrected chi connectivity index (χ4v) is 12.6. The van der Waals surface area contributed by atoms with Gasteiger partial charge < -0.3 is 15.1 Å². The minimum atomic E-state index is -0.107. The molecule has 364 valence electrons. The van der Waals surface area contributed by atoms with Crippen molar-refractivity contribution in [3.8, 4) is 22.3 Å². The van der Waals surface area contributed by atoms with Crippen molar-refractivity contribution in [3.05, 3.63) is 245 Å². The van der Waals surface area contributed by atoms with Gasteiger partial charge in [0.1, 0.15) is 0 Å². The predicted molar refractivity (Wildman–Crippen MR) is 322 cm³/mol. The summed E-state index contributed by atoms with van der Waals surface area (Å²) in [5, 5.41) is 5.10. The number of hydrogen-bond donors (Lipinski definition) is 1. The number of nitrogens with zero attached hydrogens (tertiary/aromatic N) is 2. The molecule has 74 heavy (non-hydrogen) atoms. The van der Waals surface area contributed by atoms with Gasteiger partial charge in [0.15, 0.2) is 0 Å². The maximum atomic E-state index is 3.84. The standard InChI is InChI=1S/C69H64BN3S/c1-67(2,3)51-35-36-58(55(42-51)47-26-17-12-18-27-47)73-62-41-50(46-24-15-11-16-25-46)40-61-64(62)70(66-65(73)54-28-19-20-30-63(54)74-66)56-29-21-37-71-57-43-52(68(4,5)6)33-31-48(57)39-49-32-34-53(69(7,8)9)44-59(49)72(61)60(56)38-45-22-13-10-14-23-45/h10-38,40-44,71H,39H2,1-9H3/b37-21+,56-29-,60-38+. The second-order valence-corrected chi connectivity index (χ2v) is 24.6. The number of rotatable bonds is 4. The van der Waals surface area contributed by atoms with Gasteiger partial charge in [0.2, 0.25) is 0 Å². The fraction of sp³-hybridized carbons (Fsp3) is 0.188. The van der Waals surface area contributed by atoms with Crippen molar-refractivity contribution in [2.45, 2.75) is 85.0 Å². The summed E-state index contributed by atoms with van der Waals surface area (Å²) in [6.07, 6.45) is 10.0. The van der Waals surface area contributed by atoms with Crippen LogP contribution in [-0.4, -0.2) is 6.71 Å². The van der Waals surface area contributed by atoms with Crippen molar-refractivity contribution in [1.29, 1.82) is 0 Å². The topological polar surface area (TPSA) is 18.5 Å². The molecule has 0 fully saturated rings. The molecule has 0 spiro atoms. The van der Waals surface area contributed by atoms with Crippen molar-refractivity contribution >= 4 is 78.6 Å². The molecule has 0 unspecified atom stereocenters. The third-order valence-corrected chi connectivity index (χ3v) is 16.6. The highest BCUT2D eigenvalue weighted by Gasteiger charge is 2.48. The maximum Gasteiger partial charge on any atom is 0.264 e. The molecule has 5 heteroatoms. The molecule has 1 N–H and O–H groups in total. The van der Waals surface area contributed by atoms with Crippen LogP contribution in [0.15, 0.2) is 212 Å². The summed E-state index contributed by atoms with van der Waals surface area (Å²) in [6.45, 7) is 20.8. The Morgan fingerprint density at radius 1 is 0.514 bits per heavy atom. The van der Waals surface area contributed by atoms with Gasteiger partial charge in [-0.3, -0.25) is 0 Å². The minimum Gasteiger partial charge on any atom is -0.361 e. The van der Waals surface area contributed by atoms with Gasteiger partial charge in [0, 0.05) is 61.5 Å². The van der Waals surface area contributed by atoms with Crippen molar-refractivity contribution in [2.75, 3.05) is 15.1 Å². The Bertz CT molecular complexity index is 3730. The summed E-state index contributed by atoms with van der Waals surface area (Å²) in [5.41, 5.74) is 23.1. The molecular weight excluding hydrogens is 914 g/mol. The first kappa shape index (κ1) is 47.4. The molecule has 0 aliphatic carbocycles. The van der Waals surface area contributed by atoms with Crippen LogP contribution >= 0.6 is 11.3 Å². The zero-order chi connectivity index (χ0) is 51.1. The molecule has 3 aliphatic rings. The fourth-order valence-electron chi connectivity index (χ4n) is 11.3. The first-order valence-electron chi connectivity index (χ1n) is 26.3. The molecule has 0 saturated carbocycles. The molecule has 0 radical (unpaired) electrons. The number of fused-ring (bicyclic) bond motifs is 11. The van der Waals surface area contributed by atoms with Crippen LogP contribution in [0.3, 0.4) is 0 Å². The van der Waals surface area contributed by atoms with Crippen LogP contribution in [0.5, 0.6) is 0 Å². The van der Waals surface area contributed by atoms with E-state index in [1.54, 1.807) is 0 Å². The van der Waals surface area contributed by atoms with Crippen LogP contribution < -0.4 is 25.4 Å². The molecular formula is C69H64BN3S. The van der Waals surface area contributed by atoms with Gasteiger partial charge in [-0.2, -0.15) is 0 Å². The quantitative estimate of drug-likeness (QED) is 0.177. The first-order valence-corrected chi connectivity index (χ1v) is 27.1. The molecule has 0 atom stereocenters. The maximum absolute atomic E-state index is 3.84. The summed E-state index contributed by atoms with van der Waals surface area (Å²) >= 11 is 1.95. The van der Waals surface area contributed by atoms with E-state index in [0.717, 1.165) is 17.7 Å². The average molecular weight is 978 g/mol. The highest BCUT2D eigenvalue weighted by molar-refractivity contribution is 7.33. The van der Waals surface area contributed by atoms with Crippen LogP contribution in [0.2, 0.25) is 0 Å². The van der Waals surface area contributed by atoms with Crippen LogP contribution in [0.4, 0.5) is 34.1 Å². The van der Waals surface area contributed by atoms with Crippen LogP contribution in [0.25, 0.3) is 38.4 Å². The van der Waals surface area contributed by atoms with E-state index < -0.39 is 0 Å². The highest BCUT2D eigenvalue weighted by atomic mass is 32.1. The monoisotopic (exact) mass is 977 g/mol. The number of allylic oxidation sites excluding steroid dienone is 3. The number of thiophene rings is 1. The normalized spacial score (nSPS) is 16.0. The lowest BCUT2D eigenvalue weighted by Gasteiger charge is -2.46. The summed E-state index contributed by atoms with van der Waals surface area (Å²) in [7, 11) is 0. The van der Waals surface area contributed by atoms with Gasteiger partial charge in [-0.25, -0.2) is 0 Å². The van der Waals surface area contributed by atoms with Crippen LogP contribution in [-0.2, 0) is 22.7 Å². The SMILES string of the molecule is CC(C)(C)c1ccc2c(c1)N/C=C/C=C1\B3c4sc5ccccc5c4N(c4ccc(C(C)(C)C)cc4-c4ccccc4)c4cc(-c5ccccc5)cc(c43)N(\C1=C\c1ccccc1)c1cc(C(C)(C)C)ccc1C2. The number of anilines is 6. The molecule has 8 aromatic carbocycles. The van der Waals surface area contributed by atoms with Gasteiger partial charge in [0.25, 0.3) is 6.71 Å². The Morgan fingerprint density at radius 3 is 1.78 bits per heavy atom. The van der Waals surface area contributed by atoms with Gasteiger partial charge in [-0.15, -0.1) is 11.3 Å². The molecule has 2 bridgehead atoms. The van der Waals surface area contributed by atoms with Crippen LogP contribution in [0.1, 0.15) is 95.7 Å². The molecule has 9 aromatic rings. The summed E-state index contributed by atoms with van der Waals surface area (Å²) in [5.74, 6) is 0. The van der Waals surface area contributed by atoms with E-state index in [0.29, 0.717) is 0 Å². The van der Waals surface area contributed by atoms with E-state index >= 15 is 0 Å². The van der Waals surface area contributed by atoms with E-state index in [2.05, 4.69) is 284 Å². The van der Waals surface area contributed by atoms with Crippen molar-refractivity contribution in [1.82, 2.24) is 0 Å². The van der Waals surface area contributed by atoms with Crippen LogP contribution in [0, 0.1) is 0 Å². The Morgan fingerprint density at radius 2 is 1.09 bits per heavy atom. The van der Waals surface area contributed by atoms with Crippen molar-refractivity contribution in [3.63, 3.8) is 0 Å². The minimum absolute atomic E-state index is 0.00331. The van der Waals surface area contributed by atoms with E-state index in [4.69, 9.17) is 0 Å². The Kier molecular flexibility index (Phi) is 11.6. The molecule has 1 aromatic heterocycles. The second kappa shape index (κ2) is 18.1.